The lowest BCUT2D eigenvalue weighted by Gasteiger charge is -2.46. The Labute approximate surface area is 146 Å². The highest BCUT2D eigenvalue weighted by molar-refractivity contribution is 7.87. The molecule has 0 bridgehead atoms. The van der Waals surface area contributed by atoms with Crippen molar-refractivity contribution < 1.29 is 87.6 Å². The molecule has 3 nitrogen and oxygen atoms in total. The smallest absolute Gasteiger partial charge is 0.283 e. The van der Waals surface area contributed by atoms with Crippen LogP contribution in [0.2, 0.25) is 0 Å². The van der Waals surface area contributed by atoms with Gasteiger partial charge in [-0.3, -0.25) is 4.55 Å². The molecule has 21 heteroatoms. The van der Waals surface area contributed by atoms with E-state index in [1.165, 1.54) is 0 Å². The van der Waals surface area contributed by atoms with Crippen LogP contribution in [0.4, 0.5) is 74.6 Å². The molecule has 0 aromatic rings. The maximum atomic E-state index is 14.0. The molecule has 0 fully saturated rings. The van der Waals surface area contributed by atoms with Gasteiger partial charge >= 0.3 is 57.1 Å². The number of hydrogen-bond donors (Lipinski definition) is 1. The number of halogens is 17. The van der Waals surface area contributed by atoms with Crippen molar-refractivity contribution in [3.8, 4) is 0 Å². The standard InChI is InChI=1S/C8HF17O3S/c9-1(6(17,18)19,2(10,11)7(20,21)22)5(16,29(26,27)28)3(12,13)4(14,15)8(23,24)25/h(H,26,27,28). The average molecular weight is 500 g/mol. The van der Waals surface area contributed by atoms with Gasteiger partial charge in [0.25, 0.3) is 0 Å². The summed E-state index contributed by atoms with van der Waals surface area (Å²) in [5, 5.41) is -8.98. The lowest BCUT2D eigenvalue weighted by molar-refractivity contribution is -0.438. The molecule has 0 saturated heterocycles. The third kappa shape index (κ3) is 3.26. The van der Waals surface area contributed by atoms with Crippen LogP contribution in [-0.4, -0.2) is 59.9 Å². The third-order valence-corrected chi connectivity index (χ3v) is 4.38. The van der Waals surface area contributed by atoms with Crippen molar-refractivity contribution in [2.45, 2.75) is 47.0 Å². The molecule has 0 aliphatic heterocycles. The molecular weight excluding hydrogens is 499 g/mol. The monoisotopic (exact) mass is 500 g/mol. The summed E-state index contributed by atoms with van der Waals surface area (Å²) in [5.41, 5.74) is -9.13. The van der Waals surface area contributed by atoms with Crippen molar-refractivity contribution in [1.29, 1.82) is 0 Å². The van der Waals surface area contributed by atoms with E-state index in [-0.39, 0.29) is 0 Å². The van der Waals surface area contributed by atoms with E-state index in [4.69, 9.17) is 4.55 Å². The predicted molar refractivity (Wildman–Crippen MR) is 52.2 cm³/mol. The molecule has 2 unspecified atom stereocenters. The first-order chi connectivity index (χ1) is 12.0. The van der Waals surface area contributed by atoms with Crippen molar-refractivity contribution in [2.75, 3.05) is 0 Å². The van der Waals surface area contributed by atoms with E-state index in [1.54, 1.807) is 0 Å². The van der Waals surface area contributed by atoms with Gasteiger partial charge in [-0.2, -0.15) is 74.3 Å². The van der Waals surface area contributed by atoms with Crippen LogP contribution in [0.1, 0.15) is 0 Å². The third-order valence-electron chi connectivity index (χ3n) is 3.13. The van der Waals surface area contributed by atoms with Gasteiger partial charge in [0.1, 0.15) is 0 Å². The van der Waals surface area contributed by atoms with E-state index in [9.17, 15) is 83.1 Å². The lowest BCUT2D eigenvalue weighted by Crippen LogP contribution is -2.81. The van der Waals surface area contributed by atoms with Crippen LogP contribution in [0.25, 0.3) is 0 Å². The highest BCUT2D eigenvalue weighted by Crippen LogP contribution is 2.66. The molecule has 2 atom stereocenters. The van der Waals surface area contributed by atoms with Crippen LogP contribution < -0.4 is 0 Å². The first-order valence-electron chi connectivity index (χ1n) is 5.68. The second-order valence-electron chi connectivity index (χ2n) is 4.95. The highest BCUT2D eigenvalue weighted by Gasteiger charge is 3.00. The summed E-state index contributed by atoms with van der Waals surface area (Å²) in [5.74, 6) is -26.3. The fourth-order valence-corrected chi connectivity index (χ4v) is 2.75. The number of rotatable bonds is 5. The van der Waals surface area contributed by atoms with E-state index in [0.29, 0.717) is 0 Å². The van der Waals surface area contributed by atoms with Crippen molar-refractivity contribution in [3.05, 3.63) is 0 Å². The van der Waals surface area contributed by atoms with Crippen LogP contribution in [0.5, 0.6) is 0 Å². The normalized spacial score (nSPS) is 20.2. The fourth-order valence-electron chi connectivity index (χ4n) is 1.69. The average Bonchev–Trinajstić information content (AvgIpc) is 2.39. The van der Waals surface area contributed by atoms with Gasteiger partial charge in [-0.05, 0) is 0 Å². The quantitative estimate of drug-likeness (QED) is 0.435. The van der Waals surface area contributed by atoms with Gasteiger partial charge in [0, 0.05) is 0 Å². The SMILES string of the molecule is O=S(=O)(O)C(F)(C(F)(F)C(F)(F)C(F)(F)F)C(F)(C(F)(F)F)C(F)(F)C(F)(F)F. The summed E-state index contributed by atoms with van der Waals surface area (Å²) in [4.78, 5) is 0. The largest absolute Gasteiger partial charge is 0.460 e. The summed E-state index contributed by atoms with van der Waals surface area (Å²) in [6.07, 6.45) is -24.9. The van der Waals surface area contributed by atoms with Gasteiger partial charge in [-0.25, -0.2) is 8.78 Å². The number of hydrogen-bond acceptors (Lipinski definition) is 2. The van der Waals surface area contributed by atoms with E-state index < -0.39 is 57.1 Å². The van der Waals surface area contributed by atoms with Gasteiger partial charge in [-0.1, -0.05) is 0 Å². The second-order valence-corrected chi connectivity index (χ2v) is 6.46. The minimum atomic E-state index is -9.13. The first-order valence-corrected chi connectivity index (χ1v) is 7.12. The summed E-state index contributed by atoms with van der Waals surface area (Å²) < 4.78 is 245. The predicted octanol–water partition coefficient (Wildman–Crippen LogP) is 4.84. The lowest BCUT2D eigenvalue weighted by atomic mass is 9.84. The van der Waals surface area contributed by atoms with Crippen LogP contribution in [-0.2, 0) is 10.1 Å². The van der Waals surface area contributed by atoms with Crippen LogP contribution in [0.15, 0.2) is 0 Å². The van der Waals surface area contributed by atoms with Crippen molar-refractivity contribution in [2.24, 2.45) is 0 Å². The molecule has 0 aromatic heterocycles. The maximum absolute atomic E-state index is 14.0. The molecule has 29 heavy (non-hydrogen) atoms. The molecule has 176 valence electrons. The molecule has 0 amide bonds. The Balaban J connectivity index is 7.86. The first kappa shape index (κ1) is 27.7. The molecule has 0 aliphatic rings. The van der Waals surface area contributed by atoms with Crippen molar-refractivity contribution in [1.82, 2.24) is 0 Å². The Kier molecular flexibility index (Phi) is 6.08. The molecule has 0 radical (unpaired) electrons. The minimum absolute atomic E-state index is 8.01. The zero-order valence-electron chi connectivity index (χ0n) is 12.1. The minimum Gasteiger partial charge on any atom is -0.283 e. The van der Waals surface area contributed by atoms with E-state index in [1.807, 2.05) is 0 Å². The molecule has 0 rings (SSSR count). The summed E-state index contributed by atoms with van der Waals surface area (Å²) in [6.45, 7) is 0. The molecule has 0 heterocycles. The van der Waals surface area contributed by atoms with E-state index >= 15 is 0 Å². The Hall–Kier alpha value is -1.28. The molecular formula is C8HF17O3S. The maximum Gasteiger partial charge on any atom is 0.460 e. The van der Waals surface area contributed by atoms with Gasteiger partial charge in [0.15, 0.2) is 0 Å². The van der Waals surface area contributed by atoms with Gasteiger partial charge in [0.2, 0.25) is 0 Å². The topological polar surface area (TPSA) is 54.4 Å². The Bertz CT molecular complexity index is 729. The van der Waals surface area contributed by atoms with Crippen LogP contribution in [0, 0.1) is 0 Å². The highest BCUT2D eigenvalue weighted by atomic mass is 32.2. The van der Waals surface area contributed by atoms with Crippen LogP contribution in [0.3, 0.4) is 0 Å². The van der Waals surface area contributed by atoms with Crippen molar-refractivity contribution >= 4 is 10.1 Å². The summed E-state index contributed by atoms with van der Waals surface area (Å²) in [6, 6.07) is 0. The second kappa shape index (κ2) is 6.36. The Morgan fingerprint density at radius 2 is 0.724 bits per heavy atom. The molecule has 0 aromatic carbocycles. The van der Waals surface area contributed by atoms with Gasteiger partial charge < -0.3 is 0 Å². The molecule has 0 spiro atoms. The van der Waals surface area contributed by atoms with Gasteiger partial charge in [-0.15, -0.1) is 0 Å². The fraction of sp³-hybridized carbons (Fsp3) is 1.00. The Morgan fingerprint density at radius 3 is 0.897 bits per heavy atom. The van der Waals surface area contributed by atoms with Gasteiger partial charge in [0.05, 0.1) is 0 Å². The number of alkyl halides is 17. The molecule has 1 N–H and O–H groups in total. The van der Waals surface area contributed by atoms with E-state index in [2.05, 4.69) is 0 Å². The summed E-state index contributed by atoms with van der Waals surface area (Å²) in [7, 11) is -8.92. The van der Waals surface area contributed by atoms with Crippen LogP contribution >= 0.6 is 0 Å². The summed E-state index contributed by atoms with van der Waals surface area (Å²) >= 11 is 0. The zero-order valence-corrected chi connectivity index (χ0v) is 12.9. The van der Waals surface area contributed by atoms with E-state index in [0.717, 1.165) is 0 Å². The molecule has 0 aliphatic carbocycles. The molecule has 0 saturated carbocycles. The zero-order chi connectivity index (χ0) is 24.5. The Morgan fingerprint density at radius 1 is 0.448 bits per heavy atom. The van der Waals surface area contributed by atoms with Crippen molar-refractivity contribution in [3.63, 3.8) is 0 Å².